The van der Waals surface area contributed by atoms with Gasteiger partial charge in [-0.25, -0.2) is 0 Å². The molecule has 3 heterocycles. The minimum atomic E-state index is -0.0107. The van der Waals surface area contributed by atoms with Gasteiger partial charge in [0.25, 0.3) is 5.91 Å². The predicted molar refractivity (Wildman–Crippen MR) is 101 cm³/mol. The SMILES string of the molecule is CCc1cccc(CN2CCn3nc(COc4ccccc4)cc3C2=O)n1. The lowest BCUT2D eigenvalue weighted by Gasteiger charge is -2.27. The maximum atomic E-state index is 12.9. The van der Waals surface area contributed by atoms with Gasteiger partial charge >= 0.3 is 0 Å². The zero-order valence-corrected chi connectivity index (χ0v) is 15.3. The lowest BCUT2D eigenvalue weighted by molar-refractivity contribution is 0.0681. The number of ether oxygens (including phenoxy) is 1. The average molecular weight is 362 g/mol. The lowest BCUT2D eigenvalue weighted by atomic mass is 10.2. The van der Waals surface area contributed by atoms with Gasteiger partial charge in [0.15, 0.2) is 0 Å². The Hall–Kier alpha value is -3.15. The summed E-state index contributed by atoms with van der Waals surface area (Å²) in [5.41, 5.74) is 3.33. The minimum absolute atomic E-state index is 0.0107. The quantitative estimate of drug-likeness (QED) is 0.676. The summed E-state index contributed by atoms with van der Waals surface area (Å²) >= 11 is 0. The molecule has 0 bridgehead atoms. The summed E-state index contributed by atoms with van der Waals surface area (Å²) in [5.74, 6) is 0.779. The summed E-state index contributed by atoms with van der Waals surface area (Å²) in [4.78, 5) is 19.3. The summed E-state index contributed by atoms with van der Waals surface area (Å²) < 4.78 is 7.52. The van der Waals surface area contributed by atoms with Crippen LogP contribution < -0.4 is 4.74 Å². The topological polar surface area (TPSA) is 60.2 Å². The highest BCUT2D eigenvalue weighted by Crippen LogP contribution is 2.18. The molecule has 0 fully saturated rings. The maximum Gasteiger partial charge on any atom is 0.272 e. The first-order valence-corrected chi connectivity index (χ1v) is 9.21. The third kappa shape index (κ3) is 3.84. The van der Waals surface area contributed by atoms with Crippen molar-refractivity contribution in [1.29, 1.82) is 0 Å². The zero-order chi connectivity index (χ0) is 18.6. The molecule has 0 spiro atoms. The molecule has 1 aliphatic rings. The van der Waals surface area contributed by atoms with Crippen LogP contribution in [0.25, 0.3) is 0 Å². The molecule has 1 amide bonds. The number of para-hydroxylation sites is 1. The Labute approximate surface area is 158 Å². The van der Waals surface area contributed by atoms with Gasteiger partial charge in [-0.05, 0) is 36.8 Å². The molecule has 27 heavy (non-hydrogen) atoms. The highest BCUT2D eigenvalue weighted by Gasteiger charge is 2.26. The standard InChI is InChI=1S/C21H22N4O2/c1-2-16-7-6-8-17(22-16)14-24-11-12-25-20(21(24)26)13-18(23-25)15-27-19-9-4-3-5-10-19/h3-10,13H,2,11-12,14-15H2,1H3. The molecule has 0 atom stereocenters. The first-order valence-electron chi connectivity index (χ1n) is 9.21. The van der Waals surface area contributed by atoms with Gasteiger partial charge in [-0.2, -0.15) is 5.10 Å². The number of fused-ring (bicyclic) bond motifs is 1. The monoisotopic (exact) mass is 362 g/mol. The Balaban J connectivity index is 1.45. The van der Waals surface area contributed by atoms with Gasteiger partial charge < -0.3 is 9.64 Å². The predicted octanol–water partition coefficient (Wildman–Crippen LogP) is 3.08. The average Bonchev–Trinajstić information content (AvgIpc) is 3.14. The molecule has 2 aromatic heterocycles. The number of aromatic nitrogens is 3. The van der Waals surface area contributed by atoms with E-state index in [4.69, 9.17) is 4.74 Å². The van der Waals surface area contributed by atoms with Crippen LogP contribution in [0.5, 0.6) is 5.75 Å². The van der Waals surface area contributed by atoms with Crippen LogP contribution in [0.2, 0.25) is 0 Å². The Morgan fingerprint density at radius 1 is 1.00 bits per heavy atom. The largest absolute Gasteiger partial charge is 0.487 e. The highest BCUT2D eigenvalue weighted by molar-refractivity contribution is 5.93. The number of amides is 1. The van der Waals surface area contributed by atoms with Crippen LogP contribution in [0.3, 0.4) is 0 Å². The van der Waals surface area contributed by atoms with Crippen molar-refractivity contribution in [3.05, 3.63) is 77.4 Å². The number of hydrogen-bond acceptors (Lipinski definition) is 4. The molecule has 138 valence electrons. The molecule has 0 saturated carbocycles. The second-order valence-corrected chi connectivity index (χ2v) is 6.55. The number of carbonyl (C=O) groups excluding carboxylic acids is 1. The van der Waals surface area contributed by atoms with Crippen LogP contribution in [0.4, 0.5) is 0 Å². The van der Waals surface area contributed by atoms with Gasteiger partial charge in [0, 0.05) is 12.2 Å². The van der Waals surface area contributed by atoms with Crippen molar-refractivity contribution in [2.45, 2.75) is 33.0 Å². The molecule has 3 aromatic rings. The molecular weight excluding hydrogens is 340 g/mol. The van der Waals surface area contributed by atoms with Gasteiger partial charge in [0.1, 0.15) is 23.7 Å². The van der Waals surface area contributed by atoms with E-state index in [1.165, 1.54) is 0 Å². The van der Waals surface area contributed by atoms with E-state index in [2.05, 4.69) is 17.0 Å². The van der Waals surface area contributed by atoms with Gasteiger partial charge in [-0.1, -0.05) is 31.2 Å². The zero-order valence-electron chi connectivity index (χ0n) is 15.3. The second-order valence-electron chi connectivity index (χ2n) is 6.55. The van der Waals surface area contributed by atoms with E-state index < -0.39 is 0 Å². The van der Waals surface area contributed by atoms with E-state index in [0.29, 0.717) is 31.9 Å². The fourth-order valence-electron chi connectivity index (χ4n) is 3.20. The number of rotatable bonds is 6. The van der Waals surface area contributed by atoms with E-state index >= 15 is 0 Å². The van der Waals surface area contributed by atoms with Gasteiger partial charge in [0.2, 0.25) is 0 Å². The van der Waals surface area contributed by atoms with Crippen LogP contribution in [-0.4, -0.2) is 32.1 Å². The molecule has 6 heteroatoms. The second kappa shape index (κ2) is 7.61. The molecule has 4 rings (SSSR count). The van der Waals surface area contributed by atoms with Crippen molar-refractivity contribution >= 4 is 5.91 Å². The van der Waals surface area contributed by atoms with Crippen molar-refractivity contribution in [2.24, 2.45) is 0 Å². The highest BCUT2D eigenvalue weighted by atomic mass is 16.5. The van der Waals surface area contributed by atoms with Crippen molar-refractivity contribution in [3.8, 4) is 5.75 Å². The van der Waals surface area contributed by atoms with Crippen LogP contribution in [0.1, 0.15) is 34.5 Å². The fraction of sp³-hybridized carbons (Fsp3) is 0.286. The molecule has 0 N–H and O–H groups in total. The Bertz CT molecular complexity index is 936. The molecular formula is C21H22N4O2. The summed E-state index contributed by atoms with van der Waals surface area (Å²) in [7, 11) is 0. The van der Waals surface area contributed by atoms with Crippen LogP contribution >= 0.6 is 0 Å². The van der Waals surface area contributed by atoms with Crippen LogP contribution in [0.15, 0.2) is 54.6 Å². The van der Waals surface area contributed by atoms with Gasteiger partial charge in [0.05, 0.1) is 18.8 Å². The third-order valence-electron chi connectivity index (χ3n) is 4.63. The number of aryl methyl sites for hydroxylation is 1. The van der Waals surface area contributed by atoms with Crippen LogP contribution in [-0.2, 0) is 26.1 Å². The summed E-state index contributed by atoms with van der Waals surface area (Å²) in [6, 6.07) is 17.4. The lowest BCUT2D eigenvalue weighted by Crippen LogP contribution is -2.40. The van der Waals surface area contributed by atoms with E-state index in [1.54, 1.807) is 4.68 Å². The van der Waals surface area contributed by atoms with Crippen molar-refractivity contribution in [2.75, 3.05) is 6.54 Å². The number of pyridine rings is 1. The maximum absolute atomic E-state index is 12.9. The van der Waals surface area contributed by atoms with Crippen molar-refractivity contribution in [1.82, 2.24) is 19.7 Å². The summed E-state index contributed by atoms with van der Waals surface area (Å²) in [6.07, 6.45) is 0.888. The van der Waals surface area contributed by atoms with Gasteiger partial charge in [-0.15, -0.1) is 0 Å². The summed E-state index contributed by atoms with van der Waals surface area (Å²) in [6.45, 7) is 4.26. The molecule has 0 radical (unpaired) electrons. The summed E-state index contributed by atoms with van der Waals surface area (Å²) in [5, 5.41) is 4.51. The Morgan fingerprint density at radius 3 is 2.63 bits per heavy atom. The first kappa shape index (κ1) is 17.3. The molecule has 0 saturated heterocycles. The number of nitrogens with zero attached hydrogens (tertiary/aromatic N) is 4. The Morgan fingerprint density at radius 2 is 1.81 bits per heavy atom. The molecule has 1 aromatic carbocycles. The Kier molecular flexibility index (Phi) is 4.87. The van der Waals surface area contributed by atoms with Crippen LogP contribution in [0, 0.1) is 0 Å². The smallest absolute Gasteiger partial charge is 0.272 e. The molecule has 1 aliphatic heterocycles. The number of hydrogen-bond donors (Lipinski definition) is 0. The normalized spacial score (nSPS) is 13.5. The minimum Gasteiger partial charge on any atom is -0.487 e. The van der Waals surface area contributed by atoms with E-state index in [9.17, 15) is 4.79 Å². The van der Waals surface area contributed by atoms with Gasteiger partial charge in [-0.3, -0.25) is 14.5 Å². The van der Waals surface area contributed by atoms with E-state index in [0.717, 1.165) is 29.3 Å². The number of carbonyl (C=O) groups is 1. The first-order chi connectivity index (χ1) is 13.2. The molecule has 6 nitrogen and oxygen atoms in total. The molecule has 0 aliphatic carbocycles. The van der Waals surface area contributed by atoms with Crippen molar-refractivity contribution < 1.29 is 9.53 Å². The fourth-order valence-corrected chi connectivity index (χ4v) is 3.20. The molecule has 0 unspecified atom stereocenters. The third-order valence-corrected chi connectivity index (χ3v) is 4.63. The van der Waals surface area contributed by atoms with Crippen molar-refractivity contribution in [3.63, 3.8) is 0 Å². The van der Waals surface area contributed by atoms with E-state index in [-0.39, 0.29) is 5.91 Å². The van der Waals surface area contributed by atoms with E-state index in [1.807, 2.05) is 59.5 Å². The number of benzene rings is 1.